The van der Waals surface area contributed by atoms with Gasteiger partial charge in [-0.15, -0.1) is 0 Å². The molecule has 0 saturated heterocycles. The Labute approximate surface area is 93.3 Å². The zero-order valence-corrected chi connectivity index (χ0v) is 8.96. The zero-order chi connectivity index (χ0) is 10.7. The van der Waals surface area contributed by atoms with Crippen molar-refractivity contribution in [1.82, 2.24) is 9.97 Å². The molecule has 0 fully saturated rings. The summed E-state index contributed by atoms with van der Waals surface area (Å²) in [7, 11) is 0. The summed E-state index contributed by atoms with van der Waals surface area (Å²) >= 11 is 6.05. The summed E-state index contributed by atoms with van der Waals surface area (Å²) in [6.45, 7) is 0.482. The molecule has 0 atom stereocenters. The summed E-state index contributed by atoms with van der Waals surface area (Å²) in [5.74, 6) is 0.892. The summed E-state index contributed by atoms with van der Waals surface area (Å²) in [6.07, 6.45) is 2.46. The summed E-state index contributed by atoms with van der Waals surface area (Å²) in [4.78, 5) is 7.37. The highest BCUT2D eigenvalue weighted by molar-refractivity contribution is 6.31. The number of halogens is 1. The fourth-order valence-corrected chi connectivity index (χ4v) is 1.62. The van der Waals surface area contributed by atoms with E-state index in [9.17, 15) is 0 Å². The molecule has 78 valence electrons. The maximum absolute atomic E-state index is 6.05. The lowest BCUT2D eigenvalue weighted by Gasteiger charge is -2.00. The quantitative estimate of drug-likeness (QED) is 0.834. The maximum atomic E-state index is 6.05. The van der Waals surface area contributed by atoms with Crippen LogP contribution in [0.5, 0.6) is 0 Å². The second-order valence-electron chi connectivity index (χ2n) is 3.33. The smallest absolute Gasteiger partial charge is 0.110 e. The first-order valence-corrected chi connectivity index (χ1v) is 5.13. The Hall–Kier alpha value is -1.32. The van der Waals surface area contributed by atoms with E-state index in [4.69, 9.17) is 17.3 Å². The van der Waals surface area contributed by atoms with Gasteiger partial charge in [0.05, 0.1) is 0 Å². The Morgan fingerprint density at radius 3 is 2.80 bits per heavy atom. The summed E-state index contributed by atoms with van der Waals surface area (Å²) in [6, 6.07) is 7.75. The van der Waals surface area contributed by atoms with Crippen molar-refractivity contribution in [2.75, 3.05) is 0 Å². The van der Waals surface area contributed by atoms with Gasteiger partial charge < -0.3 is 10.7 Å². The van der Waals surface area contributed by atoms with Crippen LogP contribution in [0.15, 0.2) is 30.5 Å². The predicted molar refractivity (Wildman–Crippen MR) is 60.7 cm³/mol. The van der Waals surface area contributed by atoms with Crippen molar-refractivity contribution in [3.8, 4) is 0 Å². The van der Waals surface area contributed by atoms with E-state index in [0.717, 1.165) is 22.1 Å². The van der Waals surface area contributed by atoms with Crippen molar-refractivity contribution in [1.29, 1.82) is 0 Å². The van der Waals surface area contributed by atoms with Gasteiger partial charge in [-0.1, -0.05) is 29.8 Å². The zero-order valence-electron chi connectivity index (χ0n) is 8.20. The molecule has 4 heteroatoms. The number of aromatic amines is 1. The molecule has 0 amide bonds. The van der Waals surface area contributed by atoms with Gasteiger partial charge in [-0.25, -0.2) is 4.98 Å². The van der Waals surface area contributed by atoms with Gasteiger partial charge in [-0.2, -0.15) is 0 Å². The van der Waals surface area contributed by atoms with E-state index >= 15 is 0 Å². The van der Waals surface area contributed by atoms with Crippen LogP contribution in [0.2, 0.25) is 5.02 Å². The molecule has 0 unspecified atom stereocenters. The standard InChI is InChI=1S/C11H12ClN3/c12-10-4-2-1-3-8(10)5-11-14-7-9(6-13)15-11/h1-4,7H,5-6,13H2,(H,14,15). The summed E-state index contributed by atoms with van der Waals surface area (Å²) in [5.41, 5.74) is 7.50. The normalized spacial score (nSPS) is 10.5. The molecule has 0 aliphatic rings. The molecule has 2 rings (SSSR count). The van der Waals surface area contributed by atoms with Gasteiger partial charge in [0.15, 0.2) is 0 Å². The van der Waals surface area contributed by atoms with Crippen LogP contribution in [0, 0.1) is 0 Å². The summed E-state index contributed by atoms with van der Waals surface area (Å²) < 4.78 is 0. The molecular formula is C11H12ClN3. The molecule has 1 heterocycles. The molecule has 15 heavy (non-hydrogen) atoms. The van der Waals surface area contributed by atoms with Gasteiger partial charge >= 0.3 is 0 Å². The number of nitrogens with two attached hydrogens (primary N) is 1. The topological polar surface area (TPSA) is 54.7 Å². The van der Waals surface area contributed by atoms with Crippen molar-refractivity contribution in [2.45, 2.75) is 13.0 Å². The number of aromatic nitrogens is 2. The molecule has 1 aromatic carbocycles. The van der Waals surface area contributed by atoms with E-state index in [0.29, 0.717) is 13.0 Å². The van der Waals surface area contributed by atoms with E-state index in [1.165, 1.54) is 0 Å². The van der Waals surface area contributed by atoms with Crippen LogP contribution in [-0.2, 0) is 13.0 Å². The van der Waals surface area contributed by atoms with Gasteiger partial charge in [0.1, 0.15) is 5.82 Å². The third-order valence-corrected chi connectivity index (χ3v) is 2.59. The molecule has 3 nitrogen and oxygen atoms in total. The second kappa shape index (κ2) is 4.47. The SMILES string of the molecule is NCc1cnc(Cc2ccccc2Cl)[nH]1. The Bertz CT molecular complexity index is 451. The Balaban J connectivity index is 2.18. The van der Waals surface area contributed by atoms with Crippen molar-refractivity contribution in [2.24, 2.45) is 5.73 Å². The average molecular weight is 222 g/mol. The molecule has 0 saturated carbocycles. The lowest BCUT2D eigenvalue weighted by molar-refractivity contribution is 0.968. The van der Waals surface area contributed by atoms with E-state index in [2.05, 4.69) is 9.97 Å². The Morgan fingerprint density at radius 2 is 2.13 bits per heavy atom. The van der Waals surface area contributed by atoms with E-state index in [1.54, 1.807) is 6.20 Å². The van der Waals surface area contributed by atoms with Gasteiger partial charge in [0.2, 0.25) is 0 Å². The minimum absolute atomic E-state index is 0.482. The Kier molecular flexibility index (Phi) is 3.04. The molecule has 0 bridgehead atoms. The highest BCUT2D eigenvalue weighted by Crippen LogP contribution is 2.17. The highest BCUT2D eigenvalue weighted by atomic mass is 35.5. The Morgan fingerprint density at radius 1 is 1.33 bits per heavy atom. The van der Waals surface area contributed by atoms with Crippen molar-refractivity contribution in [3.63, 3.8) is 0 Å². The van der Waals surface area contributed by atoms with Crippen LogP contribution in [0.25, 0.3) is 0 Å². The van der Waals surface area contributed by atoms with Crippen LogP contribution in [-0.4, -0.2) is 9.97 Å². The molecule has 3 N–H and O–H groups in total. The van der Waals surface area contributed by atoms with Gasteiger partial charge in [0, 0.05) is 29.9 Å². The largest absolute Gasteiger partial charge is 0.345 e. The first-order valence-electron chi connectivity index (χ1n) is 4.76. The lowest BCUT2D eigenvalue weighted by Crippen LogP contribution is -1.97. The van der Waals surface area contributed by atoms with Gasteiger partial charge in [-0.05, 0) is 11.6 Å². The van der Waals surface area contributed by atoms with E-state index in [1.807, 2.05) is 24.3 Å². The third-order valence-electron chi connectivity index (χ3n) is 2.22. The molecule has 0 aliphatic heterocycles. The molecule has 1 aromatic heterocycles. The fourth-order valence-electron chi connectivity index (χ4n) is 1.42. The monoisotopic (exact) mass is 221 g/mol. The highest BCUT2D eigenvalue weighted by Gasteiger charge is 2.03. The number of imidazole rings is 1. The molecule has 0 radical (unpaired) electrons. The predicted octanol–water partition coefficient (Wildman–Crippen LogP) is 2.11. The van der Waals surface area contributed by atoms with Crippen LogP contribution in [0.4, 0.5) is 0 Å². The van der Waals surface area contributed by atoms with Crippen LogP contribution >= 0.6 is 11.6 Å². The second-order valence-corrected chi connectivity index (χ2v) is 3.73. The number of nitrogens with zero attached hydrogens (tertiary/aromatic N) is 1. The average Bonchev–Trinajstić information content (AvgIpc) is 2.69. The number of benzene rings is 1. The van der Waals surface area contributed by atoms with Gasteiger partial charge in [0.25, 0.3) is 0 Å². The van der Waals surface area contributed by atoms with Crippen LogP contribution < -0.4 is 5.73 Å². The molecule has 0 spiro atoms. The molecular weight excluding hydrogens is 210 g/mol. The minimum atomic E-state index is 0.482. The number of hydrogen-bond acceptors (Lipinski definition) is 2. The molecule has 0 aliphatic carbocycles. The van der Waals surface area contributed by atoms with Gasteiger partial charge in [-0.3, -0.25) is 0 Å². The van der Waals surface area contributed by atoms with Crippen molar-refractivity contribution < 1.29 is 0 Å². The summed E-state index contributed by atoms with van der Waals surface area (Å²) in [5, 5.41) is 0.767. The maximum Gasteiger partial charge on any atom is 0.110 e. The number of hydrogen-bond donors (Lipinski definition) is 2. The number of nitrogens with one attached hydrogen (secondary N) is 1. The third kappa shape index (κ3) is 2.37. The van der Waals surface area contributed by atoms with Crippen LogP contribution in [0.1, 0.15) is 17.1 Å². The molecule has 2 aromatic rings. The first kappa shape index (κ1) is 10.2. The van der Waals surface area contributed by atoms with Crippen LogP contribution in [0.3, 0.4) is 0 Å². The number of rotatable bonds is 3. The van der Waals surface area contributed by atoms with Crippen molar-refractivity contribution in [3.05, 3.63) is 52.6 Å². The number of H-pyrrole nitrogens is 1. The van der Waals surface area contributed by atoms with Crippen molar-refractivity contribution >= 4 is 11.6 Å². The minimum Gasteiger partial charge on any atom is -0.345 e. The lowest BCUT2D eigenvalue weighted by atomic mass is 10.1. The van der Waals surface area contributed by atoms with E-state index in [-0.39, 0.29) is 0 Å². The fraction of sp³-hybridized carbons (Fsp3) is 0.182. The van der Waals surface area contributed by atoms with E-state index < -0.39 is 0 Å². The first-order chi connectivity index (χ1) is 7.29.